The summed E-state index contributed by atoms with van der Waals surface area (Å²) in [6, 6.07) is 10.9. The Balaban J connectivity index is 0.00000225. The normalized spacial score (nSPS) is 25.6. The fourth-order valence-corrected chi connectivity index (χ4v) is 4.13. The topological polar surface area (TPSA) is 31.6 Å². The molecule has 1 saturated carbocycles. The fraction of sp³-hybridized carbons (Fsp3) is 0.444. The van der Waals surface area contributed by atoms with E-state index in [2.05, 4.69) is 6.26 Å². The van der Waals surface area contributed by atoms with Crippen LogP contribution in [0.2, 0.25) is 5.02 Å². The van der Waals surface area contributed by atoms with Crippen molar-refractivity contribution in [1.29, 1.82) is 0 Å². The maximum absolute atomic E-state index is 6.48. The molecule has 4 atom stereocenters. The van der Waals surface area contributed by atoms with E-state index in [0.717, 1.165) is 12.2 Å². The molecule has 0 saturated heterocycles. The second-order valence-corrected chi connectivity index (χ2v) is 7.40. The molecule has 1 fully saturated rings. The van der Waals surface area contributed by atoms with E-state index in [0.29, 0.717) is 30.6 Å². The van der Waals surface area contributed by atoms with Gasteiger partial charge < -0.3 is 13.9 Å². The van der Waals surface area contributed by atoms with Crippen LogP contribution in [0, 0.1) is 18.1 Å². The molecule has 2 aromatic rings. The van der Waals surface area contributed by atoms with Crippen LogP contribution in [0.3, 0.4) is 0 Å². The molecule has 1 radical (unpaired) electrons. The third-order valence-corrected chi connectivity index (χ3v) is 5.60. The molecule has 0 aliphatic heterocycles. The minimum absolute atomic E-state index is 0. The molecular formula is C18H18Cl3O3Y-. The Hall–Kier alpha value is 0.234. The molecule has 1 heterocycles. The molecule has 0 bridgehead atoms. The van der Waals surface area contributed by atoms with Gasteiger partial charge in [0.05, 0.1) is 18.2 Å². The van der Waals surface area contributed by atoms with Crippen LogP contribution in [0.5, 0.6) is 5.75 Å². The van der Waals surface area contributed by atoms with Gasteiger partial charge in [-0.05, 0) is 30.6 Å². The summed E-state index contributed by atoms with van der Waals surface area (Å²) < 4.78 is 16.8. The molecule has 0 amide bonds. The van der Waals surface area contributed by atoms with Crippen LogP contribution in [0.25, 0.3) is 0 Å². The summed E-state index contributed by atoms with van der Waals surface area (Å²) in [5, 5.41) is 0.516. The van der Waals surface area contributed by atoms with Gasteiger partial charge in [0.15, 0.2) is 0 Å². The standard InChI is InChI=1S/C18H18Cl3O3.Y/c19-15-5-1-2-6-18(15)24-11-14-13(16(20)8-17(14)21)10-22-9-12-4-3-7-23-12;/h1-6,13-14,16-17H,8-11H2;/q-1;/t13-,14-,16?,17?;/m1./s1. The largest absolute Gasteiger partial charge is 0.593 e. The van der Waals surface area contributed by atoms with Crippen LogP contribution in [-0.2, 0) is 44.1 Å². The first-order valence-electron chi connectivity index (χ1n) is 7.83. The van der Waals surface area contributed by atoms with Gasteiger partial charge in [0.2, 0.25) is 0 Å². The first-order valence-corrected chi connectivity index (χ1v) is 9.08. The molecule has 0 N–H and O–H groups in total. The smallest absolute Gasteiger partial charge is 0.137 e. The van der Waals surface area contributed by atoms with Crippen molar-refractivity contribution in [3.8, 4) is 5.75 Å². The van der Waals surface area contributed by atoms with E-state index >= 15 is 0 Å². The fourth-order valence-electron chi connectivity index (χ4n) is 2.95. The number of hydrogen-bond acceptors (Lipinski definition) is 3. The number of benzene rings is 1. The number of halogens is 3. The number of ether oxygens (including phenoxy) is 2. The maximum atomic E-state index is 6.48. The number of rotatable bonds is 7. The molecule has 2 unspecified atom stereocenters. The van der Waals surface area contributed by atoms with Crippen molar-refractivity contribution in [3.05, 3.63) is 53.4 Å². The first kappa shape index (κ1) is 21.5. The van der Waals surface area contributed by atoms with Crippen molar-refractivity contribution >= 4 is 34.8 Å². The minimum Gasteiger partial charge on any atom is -0.593 e. The third-order valence-electron chi connectivity index (χ3n) is 4.28. The van der Waals surface area contributed by atoms with Crippen LogP contribution in [-0.4, -0.2) is 24.0 Å². The Morgan fingerprint density at radius 1 is 1.08 bits per heavy atom. The van der Waals surface area contributed by atoms with Crippen LogP contribution in [0.1, 0.15) is 12.2 Å². The molecule has 25 heavy (non-hydrogen) atoms. The van der Waals surface area contributed by atoms with E-state index in [4.69, 9.17) is 48.7 Å². The van der Waals surface area contributed by atoms with E-state index in [1.165, 1.54) is 0 Å². The summed E-state index contributed by atoms with van der Waals surface area (Å²) in [4.78, 5) is 0. The summed E-state index contributed by atoms with van der Waals surface area (Å²) in [6.45, 7) is 1.37. The second kappa shape index (κ2) is 10.5. The number of furan rings is 1. The predicted molar refractivity (Wildman–Crippen MR) is 95.0 cm³/mol. The number of para-hydroxylation sites is 1. The van der Waals surface area contributed by atoms with Crippen molar-refractivity contribution < 1.29 is 46.6 Å². The Labute approximate surface area is 188 Å². The summed E-state index contributed by atoms with van der Waals surface area (Å²) in [5.41, 5.74) is 0. The monoisotopic (exact) mass is 476 g/mol. The Kier molecular flexibility index (Phi) is 9.08. The molecule has 1 aromatic carbocycles. The van der Waals surface area contributed by atoms with Gasteiger partial charge in [-0.15, -0.1) is 29.3 Å². The van der Waals surface area contributed by atoms with E-state index < -0.39 is 0 Å². The van der Waals surface area contributed by atoms with Gasteiger partial charge in [-0.2, -0.15) is 6.07 Å². The Morgan fingerprint density at radius 2 is 1.80 bits per heavy atom. The quantitative estimate of drug-likeness (QED) is 0.407. The summed E-state index contributed by atoms with van der Waals surface area (Å²) in [7, 11) is 0. The van der Waals surface area contributed by atoms with E-state index in [1.807, 2.05) is 24.3 Å². The van der Waals surface area contributed by atoms with Gasteiger partial charge in [-0.25, -0.2) is 0 Å². The van der Waals surface area contributed by atoms with E-state index in [9.17, 15) is 0 Å². The Morgan fingerprint density at radius 3 is 2.48 bits per heavy atom. The van der Waals surface area contributed by atoms with Gasteiger partial charge in [0, 0.05) is 61.9 Å². The van der Waals surface area contributed by atoms with Crippen molar-refractivity contribution in [2.45, 2.75) is 23.8 Å². The van der Waals surface area contributed by atoms with Gasteiger partial charge in [-0.1, -0.05) is 23.7 Å². The molecule has 0 spiro atoms. The third kappa shape index (κ3) is 5.85. The van der Waals surface area contributed by atoms with Crippen LogP contribution < -0.4 is 4.74 Å². The van der Waals surface area contributed by atoms with Crippen LogP contribution in [0.4, 0.5) is 0 Å². The molecule has 1 aliphatic carbocycles. The number of alkyl halides is 2. The van der Waals surface area contributed by atoms with Crippen molar-refractivity contribution in [1.82, 2.24) is 0 Å². The van der Waals surface area contributed by atoms with Crippen molar-refractivity contribution in [2.24, 2.45) is 11.8 Å². The maximum Gasteiger partial charge on any atom is 0.137 e. The van der Waals surface area contributed by atoms with Gasteiger partial charge >= 0.3 is 0 Å². The van der Waals surface area contributed by atoms with Crippen molar-refractivity contribution in [3.63, 3.8) is 0 Å². The van der Waals surface area contributed by atoms with Crippen molar-refractivity contribution in [2.75, 3.05) is 13.2 Å². The first-order chi connectivity index (χ1) is 11.6. The molecule has 3 nitrogen and oxygen atoms in total. The van der Waals surface area contributed by atoms with Gasteiger partial charge in [0.1, 0.15) is 5.75 Å². The number of hydrogen-bond donors (Lipinski definition) is 0. The van der Waals surface area contributed by atoms with E-state index in [-0.39, 0.29) is 55.3 Å². The molecule has 3 rings (SSSR count). The molecule has 133 valence electrons. The van der Waals surface area contributed by atoms with Gasteiger partial charge in [-0.3, -0.25) is 0 Å². The SMILES string of the molecule is Clc1ccccc1OC[C@H]1C(Cl)CC(Cl)[C@@H]1COCc1cc[c-]o1.[Y]. The molecular weight excluding hydrogens is 459 g/mol. The minimum atomic E-state index is -0.0412. The zero-order valence-corrected chi connectivity index (χ0v) is 18.6. The molecule has 1 aliphatic rings. The van der Waals surface area contributed by atoms with Crippen LogP contribution >= 0.6 is 34.8 Å². The zero-order chi connectivity index (χ0) is 16.9. The summed E-state index contributed by atoms with van der Waals surface area (Å²) in [6.07, 6.45) is 3.38. The summed E-state index contributed by atoms with van der Waals surface area (Å²) in [5.74, 6) is 1.63. The average Bonchev–Trinajstić information content (AvgIpc) is 3.16. The zero-order valence-electron chi connectivity index (χ0n) is 13.5. The van der Waals surface area contributed by atoms with E-state index in [1.54, 1.807) is 12.1 Å². The molecule has 1 aromatic heterocycles. The second-order valence-electron chi connectivity index (χ2n) is 5.87. The van der Waals surface area contributed by atoms with Crippen LogP contribution in [0.15, 0.2) is 40.8 Å². The Bertz CT molecular complexity index is 638. The van der Waals surface area contributed by atoms with Gasteiger partial charge in [0.25, 0.3) is 0 Å². The average molecular weight is 478 g/mol. The predicted octanol–water partition coefficient (Wildman–Crippen LogP) is 5.18. The molecule has 7 heteroatoms. The summed E-state index contributed by atoms with van der Waals surface area (Å²) >= 11 is 19.1.